The third kappa shape index (κ3) is 5.21. The molecule has 7 heteroatoms. The number of nitrogens with one attached hydrogen (secondary N) is 1. The fourth-order valence-corrected chi connectivity index (χ4v) is 2.60. The summed E-state index contributed by atoms with van der Waals surface area (Å²) in [6, 6.07) is 3.70. The molecule has 0 saturated carbocycles. The number of carbonyl (C=O) groups is 1. The van der Waals surface area contributed by atoms with Crippen molar-refractivity contribution in [3.05, 3.63) is 65.4 Å². The average molecular weight is 368 g/mol. The number of rotatable bonds is 8. The number of ether oxygens (including phenoxy) is 1. The van der Waals surface area contributed by atoms with E-state index < -0.39 is 0 Å². The number of pyridine rings is 1. The van der Waals surface area contributed by atoms with Crippen LogP contribution in [0.4, 0.5) is 0 Å². The molecule has 0 unspecified atom stereocenters. The first-order chi connectivity index (χ1) is 13.0. The molecule has 0 aliphatic heterocycles. The Hall–Kier alpha value is -3.06. The van der Waals surface area contributed by atoms with Crippen LogP contribution in [0.5, 0.6) is 5.88 Å². The average Bonchev–Trinajstić information content (AvgIpc) is 2.66. The summed E-state index contributed by atoms with van der Waals surface area (Å²) in [6.07, 6.45) is 5.22. The van der Waals surface area contributed by atoms with Gasteiger partial charge in [-0.25, -0.2) is 9.97 Å². The normalized spacial score (nSPS) is 11.2. The number of hydrogen-bond acceptors (Lipinski definition) is 6. The molecule has 2 aromatic heterocycles. The molecular weight excluding hydrogens is 344 g/mol. The van der Waals surface area contributed by atoms with E-state index in [1.165, 1.54) is 6.33 Å². The van der Waals surface area contributed by atoms with Crippen molar-refractivity contribution >= 4 is 11.5 Å². The van der Waals surface area contributed by atoms with Gasteiger partial charge < -0.3 is 15.2 Å². The van der Waals surface area contributed by atoms with Crippen LogP contribution in [0.15, 0.2) is 42.9 Å². The number of carbonyl (C=O) groups excluding carboxylic acids is 1. The fraction of sp³-hybridized carbons (Fsp3) is 0.300. The van der Waals surface area contributed by atoms with E-state index in [0.717, 1.165) is 16.8 Å². The Labute approximate surface area is 158 Å². The molecule has 0 atom stereocenters. The van der Waals surface area contributed by atoms with Crippen LogP contribution in [-0.2, 0) is 11.2 Å². The second-order valence-corrected chi connectivity index (χ2v) is 6.00. The molecule has 7 nitrogen and oxygen atoms in total. The van der Waals surface area contributed by atoms with Crippen LogP contribution in [-0.4, -0.2) is 46.2 Å². The highest BCUT2D eigenvalue weighted by atomic mass is 16.5. The first kappa shape index (κ1) is 20.3. The van der Waals surface area contributed by atoms with E-state index in [-0.39, 0.29) is 19.1 Å². The van der Waals surface area contributed by atoms with Gasteiger partial charge in [-0.3, -0.25) is 9.78 Å². The van der Waals surface area contributed by atoms with Crippen LogP contribution in [0.3, 0.4) is 0 Å². The largest absolute Gasteiger partial charge is 0.481 e. The van der Waals surface area contributed by atoms with Crippen molar-refractivity contribution < 1.29 is 14.6 Å². The monoisotopic (exact) mass is 368 g/mol. The second kappa shape index (κ2) is 9.59. The van der Waals surface area contributed by atoms with E-state index in [1.807, 2.05) is 26.0 Å². The maximum Gasteiger partial charge on any atom is 0.253 e. The second-order valence-electron chi connectivity index (χ2n) is 6.00. The van der Waals surface area contributed by atoms with Gasteiger partial charge in [0.2, 0.25) is 5.88 Å². The number of allylic oxidation sites excluding steroid dienone is 2. The van der Waals surface area contributed by atoms with Crippen molar-refractivity contribution in [3.8, 4) is 5.88 Å². The maximum atomic E-state index is 12.6. The minimum absolute atomic E-state index is 0.138. The summed E-state index contributed by atoms with van der Waals surface area (Å²) in [5, 5.41) is 11.7. The van der Waals surface area contributed by atoms with E-state index in [9.17, 15) is 4.79 Å². The lowest BCUT2D eigenvalue weighted by atomic mass is 10.0. The van der Waals surface area contributed by atoms with Crippen molar-refractivity contribution in [2.45, 2.75) is 20.3 Å². The Bertz CT molecular complexity index is 862. The van der Waals surface area contributed by atoms with Crippen LogP contribution in [0.25, 0.3) is 5.57 Å². The van der Waals surface area contributed by atoms with Gasteiger partial charge in [0.15, 0.2) is 0 Å². The van der Waals surface area contributed by atoms with Gasteiger partial charge in [-0.2, -0.15) is 0 Å². The molecule has 27 heavy (non-hydrogen) atoms. The number of hydrogen-bond donors (Lipinski definition) is 2. The SMILES string of the molecule is C=C(C=C(C(=O)NCCO)c1ncccc1C)Cc1ncnc(OC)c1C. The number of aromatic nitrogens is 3. The molecule has 0 aromatic carbocycles. The number of methoxy groups -OCH3 is 1. The van der Waals surface area contributed by atoms with Crippen LogP contribution in [0.2, 0.25) is 0 Å². The Balaban J connectivity index is 2.34. The zero-order chi connectivity index (χ0) is 19.8. The quantitative estimate of drug-likeness (QED) is 0.545. The highest BCUT2D eigenvalue weighted by Crippen LogP contribution is 2.22. The van der Waals surface area contributed by atoms with Gasteiger partial charge in [-0.05, 0) is 37.1 Å². The van der Waals surface area contributed by atoms with Crippen LogP contribution in [0, 0.1) is 13.8 Å². The highest BCUT2D eigenvalue weighted by Gasteiger charge is 2.16. The molecule has 2 N–H and O–H groups in total. The predicted octanol–water partition coefficient (Wildman–Crippen LogP) is 1.79. The van der Waals surface area contributed by atoms with Gasteiger partial charge in [0, 0.05) is 24.7 Å². The minimum Gasteiger partial charge on any atom is -0.481 e. The number of nitrogens with zero attached hydrogens (tertiary/aromatic N) is 3. The lowest BCUT2D eigenvalue weighted by molar-refractivity contribution is -0.115. The molecule has 2 aromatic rings. The fourth-order valence-electron chi connectivity index (χ4n) is 2.60. The summed E-state index contributed by atoms with van der Waals surface area (Å²) in [5.41, 5.74) is 4.13. The molecule has 0 saturated heterocycles. The first-order valence-electron chi connectivity index (χ1n) is 8.53. The Morgan fingerprint density at radius 3 is 2.78 bits per heavy atom. The van der Waals surface area contributed by atoms with Gasteiger partial charge in [-0.15, -0.1) is 0 Å². The van der Waals surface area contributed by atoms with Crippen molar-refractivity contribution in [3.63, 3.8) is 0 Å². The molecule has 142 valence electrons. The van der Waals surface area contributed by atoms with Gasteiger partial charge in [-0.1, -0.05) is 12.6 Å². The Morgan fingerprint density at radius 2 is 2.11 bits per heavy atom. The summed E-state index contributed by atoms with van der Waals surface area (Å²) in [4.78, 5) is 25.3. The smallest absolute Gasteiger partial charge is 0.253 e. The van der Waals surface area contributed by atoms with E-state index in [1.54, 1.807) is 19.4 Å². The van der Waals surface area contributed by atoms with Crippen LogP contribution >= 0.6 is 0 Å². The molecule has 0 aliphatic carbocycles. The molecule has 0 bridgehead atoms. The van der Waals surface area contributed by atoms with Gasteiger partial charge in [0.05, 0.1) is 30.7 Å². The lowest BCUT2D eigenvalue weighted by Gasteiger charge is -2.12. The van der Waals surface area contributed by atoms with Crippen LogP contribution < -0.4 is 10.1 Å². The lowest BCUT2D eigenvalue weighted by Crippen LogP contribution is -2.27. The Kier molecular flexibility index (Phi) is 7.19. The van der Waals surface area contributed by atoms with Crippen molar-refractivity contribution in [1.29, 1.82) is 0 Å². The van der Waals surface area contributed by atoms with Gasteiger partial charge in [0.25, 0.3) is 5.91 Å². The third-order valence-electron chi connectivity index (χ3n) is 3.99. The van der Waals surface area contributed by atoms with Crippen molar-refractivity contribution in [2.75, 3.05) is 20.3 Å². The van der Waals surface area contributed by atoms with E-state index in [2.05, 4.69) is 26.8 Å². The van der Waals surface area contributed by atoms with E-state index in [0.29, 0.717) is 29.1 Å². The topological polar surface area (TPSA) is 97.2 Å². The van der Waals surface area contributed by atoms with E-state index >= 15 is 0 Å². The van der Waals surface area contributed by atoms with Gasteiger partial charge >= 0.3 is 0 Å². The third-order valence-corrected chi connectivity index (χ3v) is 3.99. The molecule has 2 heterocycles. The molecule has 2 rings (SSSR count). The first-order valence-corrected chi connectivity index (χ1v) is 8.53. The summed E-state index contributed by atoms with van der Waals surface area (Å²) in [6.45, 7) is 7.86. The predicted molar refractivity (Wildman–Crippen MR) is 103 cm³/mol. The number of aliphatic hydroxyl groups is 1. The van der Waals surface area contributed by atoms with Crippen molar-refractivity contribution in [1.82, 2.24) is 20.3 Å². The maximum absolute atomic E-state index is 12.6. The molecule has 0 radical (unpaired) electrons. The highest BCUT2D eigenvalue weighted by molar-refractivity contribution is 6.19. The molecular formula is C20H24N4O3. The summed E-state index contributed by atoms with van der Waals surface area (Å²) >= 11 is 0. The van der Waals surface area contributed by atoms with Crippen LogP contribution in [0.1, 0.15) is 22.5 Å². The molecule has 1 amide bonds. The minimum atomic E-state index is -0.316. The molecule has 0 spiro atoms. The molecule has 0 fully saturated rings. The number of aryl methyl sites for hydroxylation is 1. The van der Waals surface area contributed by atoms with Gasteiger partial charge in [0.1, 0.15) is 6.33 Å². The summed E-state index contributed by atoms with van der Waals surface area (Å²) in [7, 11) is 1.56. The van der Waals surface area contributed by atoms with E-state index in [4.69, 9.17) is 9.84 Å². The Morgan fingerprint density at radius 1 is 1.33 bits per heavy atom. The summed E-state index contributed by atoms with van der Waals surface area (Å²) < 4.78 is 5.22. The zero-order valence-corrected chi connectivity index (χ0v) is 15.8. The number of aliphatic hydroxyl groups excluding tert-OH is 1. The van der Waals surface area contributed by atoms with Crippen molar-refractivity contribution in [2.24, 2.45) is 0 Å². The standard InChI is InChI=1S/C20H24N4O3/c1-13(11-17-15(3)20(27-4)24-12-23-17)10-16(19(26)22-8-9-25)18-14(2)6-5-7-21-18/h5-7,10,12,25H,1,8-9,11H2,2-4H3,(H,22,26). The number of amides is 1. The summed E-state index contributed by atoms with van der Waals surface area (Å²) in [5.74, 6) is 0.197. The zero-order valence-electron chi connectivity index (χ0n) is 15.8. The molecule has 0 aliphatic rings.